The van der Waals surface area contributed by atoms with Crippen molar-refractivity contribution in [2.45, 2.75) is 37.9 Å². The topological polar surface area (TPSA) is 49.7 Å². The first-order valence-electron chi connectivity index (χ1n) is 4.55. The highest BCUT2D eigenvalue weighted by molar-refractivity contribution is 4.77. The molecule has 0 aromatic carbocycles. The molecule has 0 amide bonds. The highest BCUT2D eigenvalue weighted by Gasteiger charge is 2.14. The van der Waals surface area contributed by atoms with E-state index in [1.807, 2.05) is 0 Å². The quantitative estimate of drug-likeness (QED) is 0.651. The van der Waals surface area contributed by atoms with Gasteiger partial charge in [0.2, 0.25) is 0 Å². The zero-order valence-electron chi connectivity index (χ0n) is 7.28. The van der Waals surface area contributed by atoms with Crippen LogP contribution in [0.2, 0.25) is 0 Å². The van der Waals surface area contributed by atoms with Gasteiger partial charge in [-0.3, -0.25) is 0 Å². The molecule has 1 unspecified atom stereocenters. The van der Waals surface area contributed by atoms with Crippen molar-refractivity contribution in [3.05, 3.63) is 6.42 Å². The van der Waals surface area contributed by atoms with Gasteiger partial charge in [0.05, 0.1) is 19.3 Å². The first-order valence-corrected chi connectivity index (χ1v) is 4.55. The molecule has 3 nitrogen and oxygen atoms in total. The van der Waals surface area contributed by atoms with Crippen molar-refractivity contribution in [1.82, 2.24) is 0 Å². The van der Waals surface area contributed by atoms with Gasteiger partial charge in [-0.15, -0.1) is 0 Å². The van der Waals surface area contributed by atoms with E-state index in [4.69, 9.17) is 14.9 Å². The summed E-state index contributed by atoms with van der Waals surface area (Å²) in [7, 11) is 0. The summed E-state index contributed by atoms with van der Waals surface area (Å²) in [6, 6.07) is 0. The summed E-state index contributed by atoms with van der Waals surface area (Å²) in [5.74, 6) is 0. The second kappa shape index (κ2) is 5.51. The Morgan fingerprint density at radius 3 is 2.67 bits per heavy atom. The van der Waals surface area contributed by atoms with Crippen molar-refractivity contribution < 1.29 is 14.9 Å². The Hall–Kier alpha value is -0.120. The molecule has 0 bridgehead atoms. The summed E-state index contributed by atoms with van der Waals surface area (Å²) in [5, 5.41) is 17.5. The van der Waals surface area contributed by atoms with Gasteiger partial charge in [0, 0.05) is 0 Å². The third-order valence-electron chi connectivity index (χ3n) is 2.12. The number of rotatable bonds is 4. The number of hydrogen-bond acceptors (Lipinski definition) is 3. The molecule has 1 aliphatic rings. The maximum atomic E-state index is 9.01. The largest absolute Gasteiger partial charge is 0.394 e. The van der Waals surface area contributed by atoms with Gasteiger partial charge in [-0.05, 0) is 32.1 Å². The normalized spacial score (nSPS) is 22.5. The molecule has 0 spiro atoms. The minimum atomic E-state index is -0.712. The van der Waals surface area contributed by atoms with E-state index < -0.39 is 6.10 Å². The summed E-state index contributed by atoms with van der Waals surface area (Å²) < 4.78 is 5.41. The van der Waals surface area contributed by atoms with Crippen molar-refractivity contribution in [1.29, 1.82) is 0 Å². The van der Waals surface area contributed by atoms with E-state index in [0.29, 0.717) is 0 Å². The van der Waals surface area contributed by atoms with E-state index in [9.17, 15) is 0 Å². The Labute approximate surface area is 73.4 Å². The minimum absolute atomic E-state index is 0.209. The van der Waals surface area contributed by atoms with Gasteiger partial charge in [-0.25, -0.2) is 0 Å². The Morgan fingerprint density at radius 2 is 2.08 bits per heavy atom. The van der Waals surface area contributed by atoms with Crippen molar-refractivity contribution >= 4 is 0 Å². The minimum Gasteiger partial charge on any atom is -0.394 e. The molecule has 0 aromatic heterocycles. The molecule has 1 fully saturated rings. The highest BCUT2D eigenvalue weighted by Crippen LogP contribution is 2.19. The molecule has 1 rings (SSSR count). The molecule has 0 saturated heterocycles. The molecular formula is C9H17O3. The van der Waals surface area contributed by atoms with Gasteiger partial charge in [0.1, 0.15) is 6.10 Å². The smallest absolute Gasteiger partial charge is 0.100 e. The molecule has 0 aliphatic heterocycles. The fourth-order valence-electron chi connectivity index (χ4n) is 1.36. The predicted octanol–water partition coefficient (Wildman–Crippen LogP) is 0.503. The second-order valence-corrected chi connectivity index (χ2v) is 3.24. The lowest BCUT2D eigenvalue weighted by molar-refractivity contribution is -0.0367. The van der Waals surface area contributed by atoms with Crippen LogP contribution >= 0.6 is 0 Å². The lowest BCUT2D eigenvalue weighted by atomic mass is 9.98. The molecule has 0 heterocycles. The van der Waals surface area contributed by atoms with Crippen LogP contribution in [-0.4, -0.2) is 35.6 Å². The van der Waals surface area contributed by atoms with Crippen LogP contribution in [0.15, 0.2) is 0 Å². The zero-order valence-corrected chi connectivity index (χ0v) is 7.28. The SMILES string of the molecule is OCC(O)COC1CC[CH]CC1. The molecule has 1 saturated carbocycles. The van der Waals surface area contributed by atoms with Crippen LogP contribution in [0.25, 0.3) is 0 Å². The summed E-state index contributed by atoms with van der Waals surface area (Å²) >= 11 is 0. The van der Waals surface area contributed by atoms with E-state index in [0.717, 1.165) is 25.7 Å². The lowest BCUT2D eigenvalue weighted by Crippen LogP contribution is -2.25. The Bertz CT molecular complexity index is 110. The first kappa shape index (κ1) is 9.96. The molecule has 71 valence electrons. The first-order chi connectivity index (χ1) is 5.83. The Morgan fingerprint density at radius 1 is 1.42 bits per heavy atom. The van der Waals surface area contributed by atoms with Crippen LogP contribution in [0.3, 0.4) is 0 Å². The van der Waals surface area contributed by atoms with Crippen LogP contribution in [0.1, 0.15) is 25.7 Å². The third-order valence-corrected chi connectivity index (χ3v) is 2.12. The van der Waals surface area contributed by atoms with Crippen LogP contribution in [0.5, 0.6) is 0 Å². The zero-order chi connectivity index (χ0) is 8.81. The predicted molar refractivity (Wildman–Crippen MR) is 45.6 cm³/mol. The van der Waals surface area contributed by atoms with Crippen molar-refractivity contribution in [3.8, 4) is 0 Å². The maximum Gasteiger partial charge on any atom is 0.100 e. The molecule has 1 aliphatic carbocycles. The van der Waals surface area contributed by atoms with Crippen LogP contribution < -0.4 is 0 Å². The van der Waals surface area contributed by atoms with Crippen LogP contribution in [0, 0.1) is 6.42 Å². The van der Waals surface area contributed by atoms with Crippen LogP contribution in [0.4, 0.5) is 0 Å². The van der Waals surface area contributed by atoms with Gasteiger partial charge in [0.25, 0.3) is 0 Å². The average molecular weight is 173 g/mol. The monoisotopic (exact) mass is 173 g/mol. The second-order valence-electron chi connectivity index (χ2n) is 3.24. The molecule has 1 atom stereocenters. The van der Waals surface area contributed by atoms with Gasteiger partial charge >= 0.3 is 0 Å². The molecule has 0 aromatic rings. The number of aliphatic hydroxyl groups is 2. The summed E-state index contributed by atoms with van der Waals surface area (Å²) in [4.78, 5) is 0. The molecular weight excluding hydrogens is 156 g/mol. The van der Waals surface area contributed by atoms with Gasteiger partial charge in [-0.2, -0.15) is 0 Å². The maximum absolute atomic E-state index is 9.01. The third kappa shape index (κ3) is 3.52. The Balaban J connectivity index is 2.05. The van der Waals surface area contributed by atoms with Crippen LogP contribution in [-0.2, 0) is 4.74 Å². The van der Waals surface area contributed by atoms with E-state index in [2.05, 4.69) is 6.42 Å². The van der Waals surface area contributed by atoms with Crippen molar-refractivity contribution in [2.24, 2.45) is 0 Å². The van der Waals surface area contributed by atoms with Crippen molar-refractivity contribution in [2.75, 3.05) is 13.2 Å². The van der Waals surface area contributed by atoms with Crippen molar-refractivity contribution in [3.63, 3.8) is 0 Å². The summed E-state index contributed by atoms with van der Waals surface area (Å²) in [6.07, 6.45) is 6.17. The highest BCUT2D eigenvalue weighted by atomic mass is 16.5. The molecule has 1 radical (unpaired) electrons. The number of hydrogen-bond donors (Lipinski definition) is 2. The van der Waals surface area contributed by atoms with Gasteiger partial charge < -0.3 is 14.9 Å². The van der Waals surface area contributed by atoms with E-state index in [1.54, 1.807) is 0 Å². The van der Waals surface area contributed by atoms with E-state index >= 15 is 0 Å². The summed E-state index contributed by atoms with van der Waals surface area (Å²) in [6.45, 7) is 0.0556. The lowest BCUT2D eigenvalue weighted by Gasteiger charge is -2.22. The van der Waals surface area contributed by atoms with E-state index in [1.165, 1.54) is 0 Å². The molecule has 12 heavy (non-hydrogen) atoms. The number of ether oxygens (including phenoxy) is 1. The fourth-order valence-corrected chi connectivity index (χ4v) is 1.36. The number of aliphatic hydroxyl groups excluding tert-OH is 2. The molecule has 3 heteroatoms. The molecule has 2 N–H and O–H groups in total. The van der Waals surface area contributed by atoms with Gasteiger partial charge in [-0.1, -0.05) is 0 Å². The standard InChI is InChI=1S/C9H17O3/c10-6-8(11)7-12-9-4-2-1-3-5-9/h1,8-11H,2-7H2. The van der Waals surface area contributed by atoms with E-state index in [-0.39, 0.29) is 19.3 Å². The average Bonchev–Trinajstić information content (AvgIpc) is 2.16. The van der Waals surface area contributed by atoms with Gasteiger partial charge in [0.15, 0.2) is 0 Å². The summed E-state index contributed by atoms with van der Waals surface area (Å²) in [5.41, 5.74) is 0. The fraction of sp³-hybridized carbons (Fsp3) is 0.889. The Kier molecular flexibility index (Phi) is 4.58.